The molecule has 2 heterocycles. The molecule has 21 nitrogen and oxygen atoms in total. The quantitative estimate of drug-likeness (QED) is 0.0630. The highest BCUT2D eigenvalue weighted by atomic mass is 35.5. The number of sulfonamides is 2. The molecular weight excluding hydrogens is 1130 g/mol. The van der Waals surface area contributed by atoms with Gasteiger partial charge < -0.3 is 56.3 Å². The third-order valence-electron chi connectivity index (χ3n) is 13.5. The van der Waals surface area contributed by atoms with E-state index in [1.54, 1.807) is 96.4 Å². The van der Waals surface area contributed by atoms with E-state index in [9.17, 15) is 36.0 Å². The number of halogens is 2. The number of carbonyl (C=O) groups is 4. The average Bonchev–Trinajstić information content (AvgIpc) is 4.04. The summed E-state index contributed by atoms with van der Waals surface area (Å²) in [6, 6.07) is 29.7. The Labute approximate surface area is 481 Å². The van der Waals surface area contributed by atoms with E-state index in [2.05, 4.69) is 10.6 Å². The normalized spacial score (nSPS) is 16.2. The lowest BCUT2D eigenvalue weighted by Gasteiger charge is -2.26. The highest BCUT2D eigenvalue weighted by Crippen LogP contribution is 2.51. The molecule has 0 spiro atoms. The van der Waals surface area contributed by atoms with Crippen molar-refractivity contribution in [3.63, 3.8) is 0 Å². The summed E-state index contributed by atoms with van der Waals surface area (Å²) >= 11 is 12.9. The number of anilines is 4. The number of fused-ring (bicyclic) bond motifs is 2. The van der Waals surface area contributed by atoms with Gasteiger partial charge in [0, 0.05) is 82.0 Å². The largest absolute Gasteiger partial charge is 0.495 e. The van der Waals surface area contributed by atoms with Gasteiger partial charge in [0.05, 0.1) is 38.8 Å². The van der Waals surface area contributed by atoms with E-state index in [0.29, 0.717) is 70.9 Å². The van der Waals surface area contributed by atoms with Crippen molar-refractivity contribution < 1.29 is 60.4 Å². The maximum absolute atomic E-state index is 14.1. The fraction of sp³-hybridized carbons (Fsp3) is 0.286. The summed E-state index contributed by atoms with van der Waals surface area (Å²) in [6.07, 6.45) is 0. The van der Waals surface area contributed by atoms with Crippen LogP contribution in [0.4, 0.5) is 32.3 Å². The molecule has 81 heavy (non-hydrogen) atoms. The van der Waals surface area contributed by atoms with Crippen molar-refractivity contribution in [2.45, 2.75) is 62.4 Å². The summed E-state index contributed by atoms with van der Waals surface area (Å²) < 4.78 is 80.0. The van der Waals surface area contributed by atoms with Crippen molar-refractivity contribution in [3.8, 4) is 23.0 Å². The number of hydrogen-bond donors (Lipinski definition) is 4. The molecule has 2 aliphatic heterocycles. The molecule has 0 radical (unpaired) electrons. The number of amides is 6. The first-order valence-electron chi connectivity index (χ1n) is 25.4. The summed E-state index contributed by atoms with van der Waals surface area (Å²) in [7, 11) is -6.52. The van der Waals surface area contributed by atoms with Crippen molar-refractivity contribution in [1.82, 2.24) is 9.80 Å². The third-order valence-corrected chi connectivity index (χ3v) is 17.6. The number of benzene rings is 6. The zero-order chi connectivity index (χ0) is 58.5. The molecule has 25 heteroatoms. The van der Waals surface area contributed by atoms with Gasteiger partial charge in [0.2, 0.25) is 0 Å². The van der Waals surface area contributed by atoms with Crippen LogP contribution < -0.4 is 49.7 Å². The number of urea groups is 2. The molecule has 6 amide bonds. The van der Waals surface area contributed by atoms with Gasteiger partial charge in [-0.2, -0.15) is 0 Å². The summed E-state index contributed by atoms with van der Waals surface area (Å²) in [5.74, 6) is -1.12. The summed E-state index contributed by atoms with van der Waals surface area (Å²) in [4.78, 5) is 55.8. The zero-order valence-corrected chi connectivity index (χ0v) is 48.8. The second-order valence-corrected chi connectivity index (χ2v) is 22.2. The predicted molar refractivity (Wildman–Crippen MR) is 311 cm³/mol. The first-order chi connectivity index (χ1) is 38.1. The molecule has 6 aromatic carbocycles. The minimum absolute atomic E-state index is 0. The van der Waals surface area contributed by atoms with E-state index in [0.717, 1.165) is 0 Å². The monoisotopic (exact) mass is 1190 g/mol. The average molecular weight is 1190 g/mol. The van der Waals surface area contributed by atoms with Crippen molar-refractivity contribution in [2.24, 2.45) is 11.5 Å². The van der Waals surface area contributed by atoms with E-state index in [1.807, 2.05) is 27.7 Å². The smallest absolute Gasteiger partial charge is 0.321 e. The number of nitrogens with one attached hydrogen (secondary N) is 2. The maximum Gasteiger partial charge on any atom is 0.321 e. The lowest BCUT2D eigenvalue weighted by atomic mass is 9.85. The minimum atomic E-state index is -4.56. The molecule has 0 fully saturated rings. The zero-order valence-electron chi connectivity index (χ0n) is 45.7. The molecule has 6 aromatic rings. The fourth-order valence-electron chi connectivity index (χ4n) is 9.40. The van der Waals surface area contributed by atoms with Crippen LogP contribution in [0.5, 0.6) is 23.0 Å². The number of nitrogens with zero attached hydrogens (tertiary/aromatic N) is 4. The van der Waals surface area contributed by atoms with Crippen LogP contribution in [-0.4, -0.2) is 110 Å². The first-order valence-corrected chi connectivity index (χ1v) is 29.0. The topological polar surface area (TPSA) is 294 Å². The predicted octanol–water partition coefficient (Wildman–Crippen LogP) is 8.29. The van der Waals surface area contributed by atoms with Crippen molar-refractivity contribution in [1.29, 1.82) is 0 Å². The lowest BCUT2D eigenvalue weighted by Crippen LogP contribution is -2.49. The first kappa shape index (κ1) is 62.6. The van der Waals surface area contributed by atoms with Crippen molar-refractivity contribution in [2.75, 3.05) is 72.9 Å². The van der Waals surface area contributed by atoms with Gasteiger partial charge in [-0.3, -0.25) is 9.59 Å². The summed E-state index contributed by atoms with van der Waals surface area (Å²) in [5.41, 5.74) is 11.5. The Morgan fingerprint density at radius 1 is 0.531 bits per heavy atom. The second-order valence-electron chi connectivity index (χ2n) is 17.9. The van der Waals surface area contributed by atoms with E-state index in [1.165, 1.54) is 62.8 Å². The van der Waals surface area contributed by atoms with Crippen LogP contribution >= 0.6 is 23.2 Å². The van der Waals surface area contributed by atoms with Crippen molar-refractivity contribution in [3.05, 3.63) is 154 Å². The second kappa shape index (κ2) is 25.4. The Kier molecular flexibility index (Phi) is 19.6. The minimum Gasteiger partial charge on any atom is -0.495 e. The molecule has 2 unspecified atom stereocenters. The fourth-order valence-corrected chi connectivity index (χ4v) is 13.2. The molecule has 0 aliphatic carbocycles. The van der Waals surface area contributed by atoms with E-state index >= 15 is 0 Å². The van der Waals surface area contributed by atoms with Crippen LogP contribution in [0.15, 0.2) is 131 Å². The van der Waals surface area contributed by atoms with Gasteiger partial charge in [0.15, 0.2) is 11.1 Å². The Morgan fingerprint density at radius 2 is 0.877 bits per heavy atom. The number of rotatable bonds is 18. The molecule has 2 aliphatic rings. The molecule has 8 rings (SSSR count). The molecule has 0 bridgehead atoms. The van der Waals surface area contributed by atoms with Gasteiger partial charge in [-0.25, -0.2) is 35.0 Å². The van der Waals surface area contributed by atoms with E-state index in [-0.39, 0.29) is 82.5 Å². The van der Waals surface area contributed by atoms with Gasteiger partial charge in [-0.15, -0.1) is 0 Å². The number of carbonyl (C=O) groups excluding carboxylic acids is 4. The summed E-state index contributed by atoms with van der Waals surface area (Å²) in [6.45, 7) is 13.7. The molecule has 0 saturated carbocycles. The van der Waals surface area contributed by atoms with Gasteiger partial charge >= 0.3 is 12.1 Å². The van der Waals surface area contributed by atoms with Crippen LogP contribution in [0.3, 0.4) is 0 Å². The highest BCUT2D eigenvalue weighted by Gasteiger charge is 2.57. The molecular formula is C56H64Cl2N8O13S2. The van der Waals surface area contributed by atoms with Gasteiger partial charge in [-0.05, 0) is 114 Å². The van der Waals surface area contributed by atoms with Crippen LogP contribution in [-0.2, 0) is 40.7 Å². The van der Waals surface area contributed by atoms with Crippen LogP contribution in [0.1, 0.15) is 63.8 Å². The van der Waals surface area contributed by atoms with E-state index in [4.69, 9.17) is 53.6 Å². The van der Waals surface area contributed by atoms with Crippen LogP contribution in [0.2, 0.25) is 10.0 Å². The SMILES string of the molecule is CCOc1ccc2c(c1)C(N)(c1ccccc1Cl)C(=O)N2S(=O)(=O)c1ccc(NC(=O)N(CC)CC)cc1OC.CCOc1ccc2c(c1)C(N)(c1ccccc1Cl)C(=O)N2S(=O)(=O)c1ccc(NC(=O)N(CC)CC)cc1OC.O. The lowest BCUT2D eigenvalue weighted by molar-refractivity contribution is -0.121. The maximum atomic E-state index is 14.1. The Bertz CT molecular complexity index is 3360. The number of ether oxygens (including phenoxy) is 4. The Hall–Kier alpha value is -7.64. The number of nitrogens with two attached hydrogens (primary N) is 2. The Morgan fingerprint density at radius 3 is 1.19 bits per heavy atom. The third kappa shape index (κ3) is 11.5. The molecule has 8 N–H and O–H groups in total. The standard InChI is InChI=1S/2C28H31ClN4O6S.H2O/c2*1-5-32(6-2)27(35)31-18-12-15-25(24(16-18)38-4)40(36,37)33-23-14-13-19(39-7-3)17-21(23)28(30,26(33)34)20-10-8-9-11-22(20)29;/h2*8-17H,5-7,30H2,1-4H3,(H,31,35);1H2. The molecule has 2 atom stereocenters. The van der Waals surface area contributed by atoms with Gasteiger partial charge in [-0.1, -0.05) is 59.6 Å². The summed E-state index contributed by atoms with van der Waals surface area (Å²) in [5, 5.41) is 5.88. The number of methoxy groups -OCH3 is 2. The van der Waals surface area contributed by atoms with Crippen molar-refractivity contribution >= 4 is 89.9 Å². The molecule has 432 valence electrons. The van der Waals surface area contributed by atoms with Crippen LogP contribution in [0.25, 0.3) is 0 Å². The van der Waals surface area contributed by atoms with Gasteiger partial charge in [0.1, 0.15) is 32.8 Å². The van der Waals surface area contributed by atoms with E-state index < -0.39 is 42.9 Å². The molecule has 0 aromatic heterocycles. The van der Waals surface area contributed by atoms with Gasteiger partial charge in [0.25, 0.3) is 31.9 Å². The molecule has 0 saturated heterocycles. The highest BCUT2D eigenvalue weighted by molar-refractivity contribution is 7.94. The Balaban J connectivity index is 0.000000258. The number of hydrogen-bond acceptors (Lipinski definition) is 14. The van der Waals surface area contributed by atoms with Crippen LogP contribution in [0, 0.1) is 0 Å².